The fraction of sp³-hybridized carbons (Fsp3) is 0.562. The first-order chi connectivity index (χ1) is 9.57. The van der Waals surface area contributed by atoms with Gasteiger partial charge in [0.05, 0.1) is 13.0 Å². The standard InChI is InChI=1S/C16H24N2O2.ClH/c1-13-4-3-5-14(12-13)20-11-6-15(19)18-16(2)7-9-17-10-8-16;/h3-5,12,17H,6-11H2,1-2H3,(H,18,19);1H. The largest absolute Gasteiger partial charge is 0.493 e. The second-order valence-corrected chi connectivity index (χ2v) is 5.77. The van der Waals surface area contributed by atoms with E-state index in [1.165, 1.54) is 0 Å². The van der Waals surface area contributed by atoms with Crippen LogP contribution in [-0.2, 0) is 4.79 Å². The van der Waals surface area contributed by atoms with E-state index in [0.717, 1.165) is 37.2 Å². The molecule has 2 rings (SSSR count). The zero-order chi connectivity index (χ0) is 14.4. The number of rotatable bonds is 5. The van der Waals surface area contributed by atoms with Crippen LogP contribution in [0.2, 0.25) is 0 Å². The van der Waals surface area contributed by atoms with E-state index in [1.807, 2.05) is 31.2 Å². The van der Waals surface area contributed by atoms with Crippen LogP contribution in [0, 0.1) is 6.92 Å². The molecular formula is C16H25ClN2O2. The van der Waals surface area contributed by atoms with Gasteiger partial charge in [0.15, 0.2) is 0 Å². The minimum atomic E-state index is -0.0638. The molecule has 1 heterocycles. The monoisotopic (exact) mass is 312 g/mol. The maximum absolute atomic E-state index is 12.0. The maximum Gasteiger partial charge on any atom is 0.223 e. The number of nitrogens with one attached hydrogen (secondary N) is 2. The van der Waals surface area contributed by atoms with Crippen LogP contribution >= 0.6 is 12.4 Å². The summed E-state index contributed by atoms with van der Waals surface area (Å²) in [6, 6.07) is 7.88. The average molecular weight is 313 g/mol. The lowest BCUT2D eigenvalue weighted by Gasteiger charge is -2.35. The number of carbonyl (C=O) groups excluding carboxylic acids is 1. The van der Waals surface area contributed by atoms with Gasteiger partial charge in [-0.25, -0.2) is 0 Å². The Morgan fingerprint density at radius 2 is 2.10 bits per heavy atom. The van der Waals surface area contributed by atoms with Crippen LogP contribution in [0.1, 0.15) is 31.7 Å². The molecule has 0 saturated carbocycles. The van der Waals surface area contributed by atoms with Gasteiger partial charge in [0.1, 0.15) is 5.75 Å². The molecule has 0 bridgehead atoms. The number of ether oxygens (including phenoxy) is 1. The van der Waals surface area contributed by atoms with Crippen LogP contribution in [0.25, 0.3) is 0 Å². The van der Waals surface area contributed by atoms with Gasteiger partial charge in [-0.05, 0) is 57.5 Å². The first-order valence-corrected chi connectivity index (χ1v) is 7.29. The number of amides is 1. The first-order valence-electron chi connectivity index (χ1n) is 7.29. The lowest BCUT2D eigenvalue weighted by atomic mass is 9.90. The fourth-order valence-electron chi connectivity index (χ4n) is 2.47. The predicted molar refractivity (Wildman–Crippen MR) is 87.2 cm³/mol. The maximum atomic E-state index is 12.0. The lowest BCUT2D eigenvalue weighted by molar-refractivity contribution is -0.123. The van der Waals surface area contributed by atoms with Gasteiger partial charge in [0.2, 0.25) is 5.91 Å². The van der Waals surface area contributed by atoms with Crippen LogP contribution in [-0.4, -0.2) is 31.1 Å². The highest BCUT2D eigenvalue weighted by atomic mass is 35.5. The number of halogens is 1. The number of aryl methyl sites for hydroxylation is 1. The second-order valence-electron chi connectivity index (χ2n) is 5.77. The number of carbonyl (C=O) groups is 1. The third-order valence-electron chi connectivity index (χ3n) is 3.74. The van der Waals surface area contributed by atoms with Crippen molar-refractivity contribution in [2.75, 3.05) is 19.7 Å². The highest BCUT2D eigenvalue weighted by molar-refractivity contribution is 5.85. The summed E-state index contributed by atoms with van der Waals surface area (Å²) < 4.78 is 5.61. The molecule has 0 spiro atoms. The van der Waals surface area contributed by atoms with Crippen LogP contribution < -0.4 is 15.4 Å². The predicted octanol–water partition coefficient (Wildman–Crippen LogP) is 2.44. The third-order valence-corrected chi connectivity index (χ3v) is 3.74. The average Bonchev–Trinajstić information content (AvgIpc) is 2.39. The third kappa shape index (κ3) is 5.94. The van der Waals surface area contributed by atoms with Crippen molar-refractivity contribution >= 4 is 18.3 Å². The summed E-state index contributed by atoms with van der Waals surface area (Å²) in [7, 11) is 0. The van der Waals surface area contributed by atoms with E-state index in [-0.39, 0.29) is 23.9 Å². The number of hydrogen-bond acceptors (Lipinski definition) is 3. The van der Waals surface area contributed by atoms with E-state index >= 15 is 0 Å². The number of benzene rings is 1. The zero-order valence-corrected chi connectivity index (χ0v) is 13.6. The topological polar surface area (TPSA) is 50.4 Å². The Hall–Kier alpha value is -1.26. The van der Waals surface area contributed by atoms with Crippen LogP contribution in [0.5, 0.6) is 5.75 Å². The Bertz CT molecular complexity index is 459. The Morgan fingerprint density at radius 3 is 2.76 bits per heavy atom. The molecule has 1 saturated heterocycles. The molecule has 1 aromatic rings. The summed E-state index contributed by atoms with van der Waals surface area (Å²) in [6.07, 6.45) is 2.37. The summed E-state index contributed by atoms with van der Waals surface area (Å²) in [5.41, 5.74) is 1.10. The molecule has 1 fully saturated rings. The van der Waals surface area contributed by atoms with E-state index in [2.05, 4.69) is 17.6 Å². The number of hydrogen-bond donors (Lipinski definition) is 2. The summed E-state index contributed by atoms with van der Waals surface area (Å²) >= 11 is 0. The molecule has 4 nitrogen and oxygen atoms in total. The smallest absolute Gasteiger partial charge is 0.223 e. The SMILES string of the molecule is Cc1cccc(OCCC(=O)NC2(C)CCNCC2)c1.Cl. The van der Waals surface area contributed by atoms with Crippen molar-refractivity contribution in [3.63, 3.8) is 0 Å². The minimum Gasteiger partial charge on any atom is -0.493 e. The Morgan fingerprint density at radius 1 is 1.38 bits per heavy atom. The van der Waals surface area contributed by atoms with Crippen molar-refractivity contribution in [1.82, 2.24) is 10.6 Å². The molecule has 1 aliphatic heterocycles. The van der Waals surface area contributed by atoms with Crippen LogP contribution in [0.4, 0.5) is 0 Å². The molecule has 5 heteroatoms. The normalized spacial score (nSPS) is 16.7. The van der Waals surface area contributed by atoms with Crippen molar-refractivity contribution in [3.8, 4) is 5.75 Å². The van der Waals surface area contributed by atoms with Crippen molar-refractivity contribution in [3.05, 3.63) is 29.8 Å². The van der Waals surface area contributed by atoms with Crippen LogP contribution in [0.15, 0.2) is 24.3 Å². The lowest BCUT2D eigenvalue weighted by Crippen LogP contribution is -2.52. The quantitative estimate of drug-likeness (QED) is 0.878. The van der Waals surface area contributed by atoms with Gasteiger partial charge in [-0.2, -0.15) is 0 Å². The van der Waals surface area contributed by atoms with E-state index in [0.29, 0.717) is 13.0 Å². The highest BCUT2D eigenvalue weighted by Crippen LogP contribution is 2.17. The van der Waals surface area contributed by atoms with Gasteiger partial charge in [-0.3, -0.25) is 4.79 Å². The van der Waals surface area contributed by atoms with E-state index in [9.17, 15) is 4.79 Å². The van der Waals surface area contributed by atoms with Crippen molar-refractivity contribution < 1.29 is 9.53 Å². The zero-order valence-electron chi connectivity index (χ0n) is 12.8. The van der Waals surface area contributed by atoms with E-state index in [4.69, 9.17) is 4.74 Å². The van der Waals surface area contributed by atoms with Crippen LogP contribution in [0.3, 0.4) is 0 Å². The fourth-order valence-corrected chi connectivity index (χ4v) is 2.47. The molecule has 0 aliphatic carbocycles. The Kier molecular flexibility index (Phi) is 6.99. The summed E-state index contributed by atoms with van der Waals surface area (Å²) in [5, 5.41) is 6.44. The minimum absolute atomic E-state index is 0. The first kappa shape index (κ1) is 17.8. The van der Waals surface area contributed by atoms with Crippen molar-refractivity contribution in [2.24, 2.45) is 0 Å². The molecule has 2 N–H and O–H groups in total. The molecule has 0 radical (unpaired) electrons. The van der Waals surface area contributed by atoms with Gasteiger partial charge >= 0.3 is 0 Å². The molecule has 118 valence electrons. The molecule has 1 aromatic carbocycles. The van der Waals surface area contributed by atoms with E-state index in [1.54, 1.807) is 0 Å². The molecule has 1 aliphatic rings. The molecular weight excluding hydrogens is 288 g/mol. The number of piperidine rings is 1. The Balaban J connectivity index is 0.00000220. The summed E-state index contributed by atoms with van der Waals surface area (Å²) in [5.74, 6) is 0.896. The Labute approximate surface area is 133 Å². The van der Waals surface area contributed by atoms with Gasteiger partial charge in [0, 0.05) is 5.54 Å². The molecule has 0 atom stereocenters. The molecule has 0 aromatic heterocycles. The summed E-state index contributed by atoms with van der Waals surface area (Å²) in [4.78, 5) is 12.0. The highest BCUT2D eigenvalue weighted by Gasteiger charge is 2.27. The van der Waals surface area contributed by atoms with Gasteiger partial charge in [-0.15, -0.1) is 12.4 Å². The van der Waals surface area contributed by atoms with E-state index < -0.39 is 0 Å². The molecule has 1 amide bonds. The van der Waals surface area contributed by atoms with Crippen molar-refractivity contribution in [1.29, 1.82) is 0 Å². The molecule has 0 unspecified atom stereocenters. The molecule has 21 heavy (non-hydrogen) atoms. The van der Waals surface area contributed by atoms with Gasteiger partial charge in [-0.1, -0.05) is 12.1 Å². The summed E-state index contributed by atoms with van der Waals surface area (Å²) in [6.45, 7) is 6.50. The second kappa shape index (κ2) is 8.25. The van der Waals surface area contributed by atoms with Gasteiger partial charge < -0.3 is 15.4 Å². The van der Waals surface area contributed by atoms with Gasteiger partial charge in [0.25, 0.3) is 0 Å². The van der Waals surface area contributed by atoms with Crippen molar-refractivity contribution in [2.45, 2.75) is 38.6 Å².